The van der Waals surface area contributed by atoms with Crippen molar-refractivity contribution < 1.29 is 0 Å². The number of halogens is 1. The predicted molar refractivity (Wildman–Crippen MR) is 66.6 cm³/mol. The van der Waals surface area contributed by atoms with Crippen LogP contribution in [0, 0.1) is 0 Å². The van der Waals surface area contributed by atoms with Crippen LogP contribution >= 0.6 is 12.4 Å². The highest BCUT2D eigenvalue weighted by atomic mass is 35.5. The SMILES string of the molecule is CN(/N=C/c1ccccn1)C1NCCN1.Cl. The van der Waals surface area contributed by atoms with E-state index in [1.54, 1.807) is 12.4 Å². The summed E-state index contributed by atoms with van der Waals surface area (Å²) in [6.07, 6.45) is 3.64. The van der Waals surface area contributed by atoms with Gasteiger partial charge in [0.1, 0.15) is 0 Å². The lowest BCUT2D eigenvalue weighted by atomic mass is 10.4. The van der Waals surface area contributed by atoms with Gasteiger partial charge in [0.15, 0.2) is 6.29 Å². The number of hydrogen-bond acceptors (Lipinski definition) is 5. The first-order valence-electron chi connectivity index (χ1n) is 5.01. The molecule has 1 aromatic rings. The third-order valence-corrected chi connectivity index (χ3v) is 2.23. The molecule has 0 bridgehead atoms. The van der Waals surface area contributed by atoms with Gasteiger partial charge in [0.25, 0.3) is 0 Å². The smallest absolute Gasteiger partial charge is 0.150 e. The van der Waals surface area contributed by atoms with E-state index >= 15 is 0 Å². The second-order valence-electron chi connectivity index (χ2n) is 3.38. The van der Waals surface area contributed by atoms with Gasteiger partial charge in [0, 0.05) is 26.3 Å². The highest BCUT2D eigenvalue weighted by Gasteiger charge is 2.15. The zero-order valence-corrected chi connectivity index (χ0v) is 9.94. The maximum atomic E-state index is 4.30. The fourth-order valence-electron chi connectivity index (χ4n) is 1.42. The number of nitrogens with one attached hydrogen (secondary N) is 2. The van der Waals surface area contributed by atoms with Crippen molar-refractivity contribution in [1.29, 1.82) is 0 Å². The topological polar surface area (TPSA) is 52.6 Å². The molecule has 0 aromatic carbocycles. The Morgan fingerprint density at radius 3 is 2.81 bits per heavy atom. The molecule has 1 aromatic heterocycles. The van der Waals surface area contributed by atoms with Crippen LogP contribution in [-0.4, -0.2) is 42.6 Å². The molecule has 0 atom stereocenters. The molecule has 5 nitrogen and oxygen atoms in total. The Labute approximate surface area is 101 Å². The van der Waals surface area contributed by atoms with Crippen LogP contribution in [0.1, 0.15) is 5.69 Å². The first-order valence-corrected chi connectivity index (χ1v) is 5.01. The van der Waals surface area contributed by atoms with Gasteiger partial charge in [-0.15, -0.1) is 12.4 Å². The van der Waals surface area contributed by atoms with Gasteiger partial charge in [-0.05, 0) is 12.1 Å². The van der Waals surface area contributed by atoms with Gasteiger partial charge in [0.2, 0.25) is 0 Å². The fourth-order valence-corrected chi connectivity index (χ4v) is 1.42. The fraction of sp³-hybridized carbons (Fsp3) is 0.400. The van der Waals surface area contributed by atoms with E-state index in [0.29, 0.717) is 0 Å². The van der Waals surface area contributed by atoms with Crippen molar-refractivity contribution in [1.82, 2.24) is 20.6 Å². The maximum Gasteiger partial charge on any atom is 0.150 e. The summed E-state index contributed by atoms with van der Waals surface area (Å²) in [4.78, 5) is 4.16. The second kappa shape index (κ2) is 6.42. The van der Waals surface area contributed by atoms with E-state index in [2.05, 4.69) is 20.7 Å². The van der Waals surface area contributed by atoms with Crippen molar-refractivity contribution in [3.05, 3.63) is 30.1 Å². The van der Waals surface area contributed by atoms with E-state index in [0.717, 1.165) is 18.8 Å². The van der Waals surface area contributed by atoms with Crippen LogP contribution in [0.5, 0.6) is 0 Å². The summed E-state index contributed by atoms with van der Waals surface area (Å²) in [5.74, 6) is 0. The van der Waals surface area contributed by atoms with Gasteiger partial charge in [0.05, 0.1) is 11.9 Å². The van der Waals surface area contributed by atoms with Gasteiger partial charge in [-0.25, -0.2) is 0 Å². The number of hydrazone groups is 1. The molecule has 0 radical (unpaired) electrons. The number of aromatic nitrogens is 1. The standard InChI is InChI=1S/C10H15N5.ClH/c1-15(10-12-6-7-13-10)14-8-9-4-2-3-5-11-9;/h2-5,8,10,12-13H,6-7H2,1H3;1H/b14-8+;. The van der Waals surface area contributed by atoms with Crippen LogP contribution < -0.4 is 10.6 Å². The molecule has 88 valence electrons. The summed E-state index contributed by atoms with van der Waals surface area (Å²) < 4.78 is 0. The van der Waals surface area contributed by atoms with Gasteiger partial charge in [-0.2, -0.15) is 5.10 Å². The molecule has 2 N–H and O–H groups in total. The minimum Gasteiger partial charge on any atom is -0.282 e. The molecule has 16 heavy (non-hydrogen) atoms. The second-order valence-corrected chi connectivity index (χ2v) is 3.38. The van der Waals surface area contributed by atoms with Gasteiger partial charge in [-0.3, -0.25) is 20.6 Å². The van der Waals surface area contributed by atoms with Crippen molar-refractivity contribution >= 4 is 18.6 Å². The lowest BCUT2D eigenvalue weighted by molar-refractivity contribution is 0.215. The Morgan fingerprint density at radius 2 is 2.19 bits per heavy atom. The largest absolute Gasteiger partial charge is 0.282 e. The van der Waals surface area contributed by atoms with Crippen molar-refractivity contribution in [2.75, 3.05) is 20.1 Å². The summed E-state index contributed by atoms with van der Waals surface area (Å²) in [6, 6.07) is 5.76. The van der Waals surface area contributed by atoms with E-state index in [1.165, 1.54) is 0 Å². The van der Waals surface area contributed by atoms with Crippen LogP contribution in [0.3, 0.4) is 0 Å². The Balaban J connectivity index is 0.00000128. The molecule has 2 heterocycles. The predicted octanol–water partition coefficient (Wildman–Crippen LogP) is 0.245. The van der Waals surface area contributed by atoms with Crippen LogP contribution in [0.2, 0.25) is 0 Å². The Hall–Kier alpha value is -1.17. The molecule has 0 aliphatic carbocycles. The zero-order chi connectivity index (χ0) is 10.5. The highest BCUT2D eigenvalue weighted by molar-refractivity contribution is 5.85. The van der Waals surface area contributed by atoms with Gasteiger partial charge in [-0.1, -0.05) is 6.07 Å². The lowest BCUT2D eigenvalue weighted by Crippen LogP contribution is -2.43. The molecule has 6 heteroatoms. The molecule has 1 fully saturated rings. The quantitative estimate of drug-likeness (QED) is 0.588. The van der Waals surface area contributed by atoms with Crippen molar-refractivity contribution in [3.63, 3.8) is 0 Å². The van der Waals surface area contributed by atoms with E-state index in [-0.39, 0.29) is 18.7 Å². The minimum absolute atomic E-state index is 0. The first-order chi connectivity index (χ1) is 7.36. The minimum atomic E-state index is 0. The first kappa shape index (κ1) is 12.9. The molecule has 1 aliphatic rings. The average Bonchev–Trinajstić information content (AvgIpc) is 2.81. The molecule has 2 rings (SSSR count). The Bertz CT molecular complexity index is 323. The zero-order valence-electron chi connectivity index (χ0n) is 9.13. The third-order valence-electron chi connectivity index (χ3n) is 2.23. The van der Waals surface area contributed by atoms with Crippen molar-refractivity contribution in [2.45, 2.75) is 6.29 Å². The van der Waals surface area contributed by atoms with Crippen LogP contribution in [-0.2, 0) is 0 Å². The molecule has 0 saturated carbocycles. The molecule has 0 unspecified atom stereocenters. The molecule has 0 amide bonds. The summed E-state index contributed by atoms with van der Waals surface area (Å²) in [5, 5.41) is 12.7. The van der Waals surface area contributed by atoms with Gasteiger partial charge >= 0.3 is 0 Å². The number of nitrogens with zero attached hydrogens (tertiary/aromatic N) is 3. The van der Waals surface area contributed by atoms with Crippen molar-refractivity contribution in [2.24, 2.45) is 5.10 Å². The third kappa shape index (κ3) is 3.44. The summed E-state index contributed by atoms with van der Waals surface area (Å²) in [5.41, 5.74) is 0.863. The van der Waals surface area contributed by atoms with E-state index < -0.39 is 0 Å². The monoisotopic (exact) mass is 241 g/mol. The molecule has 0 spiro atoms. The number of rotatable bonds is 3. The van der Waals surface area contributed by atoms with E-state index in [4.69, 9.17) is 0 Å². The van der Waals surface area contributed by atoms with Crippen molar-refractivity contribution in [3.8, 4) is 0 Å². The van der Waals surface area contributed by atoms with Crippen LogP contribution in [0.15, 0.2) is 29.5 Å². The molecule has 1 saturated heterocycles. The number of hydrogen-bond donors (Lipinski definition) is 2. The van der Waals surface area contributed by atoms with E-state index in [1.807, 2.05) is 30.3 Å². The Morgan fingerprint density at radius 1 is 1.44 bits per heavy atom. The maximum absolute atomic E-state index is 4.30. The lowest BCUT2D eigenvalue weighted by Gasteiger charge is -2.20. The van der Waals surface area contributed by atoms with Crippen LogP contribution in [0.4, 0.5) is 0 Å². The Kier molecular flexibility index (Phi) is 5.18. The molecular formula is C10H16ClN5. The number of pyridine rings is 1. The summed E-state index contributed by atoms with van der Waals surface area (Å²) in [7, 11) is 1.93. The average molecular weight is 242 g/mol. The summed E-state index contributed by atoms with van der Waals surface area (Å²) >= 11 is 0. The normalized spacial score (nSPS) is 16.3. The van der Waals surface area contributed by atoms with Crippen LogP contribution in [0.25, 0.3) is 0 Å². The van der Waals surface area contributed by atoms with E-state index in [9.17, 15) is 0 Å². The molecular weight excluding hydrogens is 226 g/mol. The molecule has 1 aliphatic heterocycles. The highest BCUT2D eigenvalue weighted by Crippen LogP contribution is 1.95. The summed E-state index contributed by atoms with van der Waals surface area (Å²) in [6.45, 7) is 1.96. The van der Waals surface area contributed by atoms with Gasteiger partial charge < -0.3 is 0 Å².